The maximum Gasteiger partial charge on any atom is 0.417 e. The number of rotatable bonds is 6. The number of hydrogen-bond acceptors (Lipinski definition) is 6. The van der Waals surface area contributed by atoms with Gasteiger partial charge in [-0.2, -0.15) is 13.2 Å². The fourth-order valence-electron chi connectivity index (χ4n) is 3.54. The highest BCUT2D eigenvalue weighted by atomic mass is 35.5. The van der Waals surface area contributed by atoms with Crippen LogP contribution in [0.2, 0.25) is 5.02 Å². The molecule has 2 heterocycles. The van der Waals surface area contributed by atoms with E-state index in [1.807, 2.05) is 20.8 Å². The Hall–Kier alpha value is -2.53. The van der Waals surface area contributed by atoms with Gasteiger partial charge in [-0.3, -0.25) is 9.78 Å². The normalized spacial score (nSPS) is 15.1. The van der Waals surface area contributed by atoms with Crippen LogP contribution in [-0.4, -0.2) is 57.3 Å². The second kappa shape index (κ2) is 9.50. The zero-order valence-electron chi connectivity index (χ0n) is 19.9. The van der Waals surface area contributed by atoms with Crippen LogP contribution in [0.5, 0.6) is 11.5 Å². The Morgan fingerprint density at radius 1 is 1.23 bits per heavy atom. The third-order valence-electron chi connectivity index (χ3n) is 5.31. The van der Waals surface area contributed by atoms with Gasteiger partial charge in [-0.1, -0.05) is 32.4 Å². The van der Waals surface area contributed by atoms with Crippen molar-refractivity contribution in [1.82, 2.24) is 9.88 Å². The van der Waals surface area contributed by atoms with Crippen molar-refractivity contribution in [2.75, 3.05) is 33.1 Å². The van der Waals surface area contributed by atoms with E-state index in [0.29, 0.717) is 6.20 Å². The molecule has 7 nitrogen and oxygen atoms in total. The maximum atomic E-state index is 13.4. The number of nitrogens with zero attached hydrogens (tertiary/aromatic N) is 2. The molecule has 1 aromatic carbocycles. The highest BCUT2D eigenvalue weighted by molar-refractivity contribution is 7.90. The molecular weight excluding hydrogens is 509 g/mol. The van der Waals surface area contributed by atoms with E-state index < -0.39 is 27.5 Å². The molecule has 1 aromatic heterocycles. The number of benzene rings is 1. The van der Waals surface area contributed by atoms with Crippen molar-refractivity contribution in [3.05, 3.63) is 46.2 Å². The SMILES string of the molecule is COc1c(S(C)(=O)=O)ccc(OCC(C)(C)C)c1C(=O)N1CC(c2ncc(C(F)(F)F)cc2Cl)C1. The Labute approximate surface area is 207 Å². The Morgan fingerprint density at radius 3 is 2.34 bits per heavy atom. The van der Waals surface area contributed by atoms with E-state index in [0.717, 1.165) is 12.3 Å². The molecule has 0 aliphatic carbocycles. The number of pyridine rings is 1. The number of sulfone groups is 1. The Bertz CT molecular complexity index is 1240. The number of halogens is 4. The number of carbonyl (C=O) groups excluding carboxylic acids is 1. The van der Waals surface area contributed by atoms with Gasteiger partial charge in [0.2, 0.25) is 0 Å². The van der Waals surface area contributed by atoms with Gasteiger partial charge in [0.1, 0.15) is 16.2 Å². The number of ether oxygens (including phenoxy) is 2. The van der Waals surface area contributed by atoms with Gasteiger partial charge in [0.25, 0.3) is 5.91 Å². The lowest BCUT2D eigenvalue weighted by Crippen LogP contribution is -2.49. The molecule has 1 saturated heterocycles. The summed E-state index contributed by atoms with van der Waals surface area (Å²) in [6, 6.07) is 3.56. The van der Waals surface area contributed by atoms with Crippen LogP contribution in [0.15, 0.2) is 29.3 Å². The molecule has 1 fully saturated rings. The molecular formula is C23H26ClF3N2O5S. The summed E-state index contributed by atoms with van der Waals surface area (Å²) in [5, 5.41) is -0.136. The van der Waals surface area contributed by atoms with Gasteiger partial charge >= 0.3 is 6.18 Å². The highest BCUT2D eigenvalue weighted by Crippen LogP contribution is 2.40. The molecule has 0 radical (unpaired) electrons. The minimum Gasteiger partial charge on any atom is -0.494 e. The monoisotopic (exact) mass is 534 g/mol. The van der Waals surface area contributed by atoms with Crippen LogP contribution in [0, 0.1) is 5.41 Å². The Balaban J connectivity index is 1.91. The Kier molecular flexibility index (Phi) is 7.34. The van der Waals surface area contributed by atoms with Gasteiger partial charge in [-0.25, -0.2) is 8.42 Å². The number of carbonyl (C=O) groups is 1. The van der Waals surface area contributed by atoms with Gasteiger partial charge in [0, 0.05) is 31.5 Å². The minimum atomic E-state index is -4.57. The lowest BCUT2D eigenvalue weighted by atomic mass is 9.94. The summed E-state index contributed by atoms with van der Waals surface area (Å²) in [5.74, 6) is -0.867. The second-order valence-electron chi connectivity index (χ2n) is 9.59. The zero-order chi connectivity index (χ0) is 26.3. The van der Waals surface area contributed by atoms with E-state index in [9.17, 15) is 26.4 Å². The average molecular weight is 535 g/mol. The predicted octanol–water partition coefficient (Wildman–Crippen LogP) is 4.83. The van der Waals surface area contributed by atoms with Gasteiger partial charge in [-0.15, -0.1) is 0 Å². The standard InChI is InChI=1S/C23H26ClF3N2O5S/c1-22(2,3)12-34-16-6-7-17(35(5,31)32)20(33-4)18(16)21(30)29-10-13(11-29)19-15(24)8-14(9-28-19)23(25,26)27/h6-9,13H,10-12H2,1-5H3. The third-order valence-corrected chi connectivity index (χ3v) is 6.74. The average Bonchev–Trinajstić information content (AvgIpc) is 2.69. The number of likely N-dealkylation sites (tertiary alicyclic amines) is 1. The van der Waals surface area contributed by atoms with E-state index >= 15 is 0 Å². The summed E-state index contributed by atoms with van der Waals surface area (Å²) in [6.45, 7) is 6.33. The summed E-state index contributed by atoms with van der Waals surface area (Å²) in [6.07, 6.45) is -2.85. The first kappa shape index (κ1) is 27.1. The Morgan fingerprint density at radius 2 is 1.86 bits per heavy atom. The van der Waals surface area contributed by atoms with Crippen LogP contribution in [0.1, 0.15) is 48.3 Å². The maximum absolute atomic E-state index is 13.4. The molecule has 0 N–H and O–H groups in total. The van der Waals surface area contributed by atoms with Crippen LogP contribution in [0.25, 0.3) is 0 Å². The molecule has 0 bridgehead atoms. The molecule has 1 amide bonds. The van der Waals surface area contributed by atoms with Crippen molar-refractivity contribution in [2.24, 2.45) is 5.41 Å². The van der Waals surface area contributed by atoms with Gasteiger partial charge in [0.05, 0.1) is 30.0 Å². The predicted molar refractivity (Wildman–Crippen MR) is 124 cm³/mol. The summed E-state index contributed by atoms with van der Waals surface area (Å²) in [5.41, 5.74) is -0.980. The highest BCUT2D eigenvalue weighted by Gasteiger charge is 2.39. The molecule has 0 saturated carbocycles. The van der Waals surface area contributed by atoms with E-state index in [2.05, 4.69) is 4.98 Å². The summed E-state index contributed by atoms with van der Waals surface area (Å²) < 4.78 is 74.5. The van der Waals surface area contributed by atoms with Gasteiger partial charge < -0.3 is 14.4 Å². The molecule has 1 aliphatic heterocycles. The minimum absolute atomic E-state index is 0.0374. The van der Waals surface area contributed by atoms with E-state index in [1.165, 1.54) is 24.1 Å². The van der Waals surface area contributed by atoms with E-state index in [1.54, 1.807) is 0 Å². The molecule has 1 aliphatic rings. The topological polar surface area (TPSA) is 85.8 Å². The van der Waals surface area contributed by atoms with Crippen LogP contribution < -0.4 is 9.47 Å². The summed E-state index contributed by atoms with van der Waals surface area (Å²) in [4.78, 5) is 18.6. The van der Waals surface area contributed by atoms with Crippen LogP contribution in [-0.2, 0) is 16.0 Å². The number of amides is 1. The van der Waals surface area contributed by atoms with Crippen molar-refractivity contribution in [3.63, 3.8) is 0 Å². The molecule has 3 rings (SSSR count). The van der Waals surface area contributed by atoms with E-state index in [4.69, 9.17) is 21.1 Å². The number of alkyl halides is 3. The molecule has 0 spiro atoms. The lowest BCUT2D eigenvalue weighted by Gasteiger charge is -2.39. The van der Waals surface area contributed by atoms with Gasteiger partial charge in [0.15, 0.2) is 15.6 Å². The number of hydrogen-bond donors (Lipinski definition) is 0. The molecule has 2 aromatic rings. The molecule has 0 atom stereocenters. The molecule has 35 heavy (non-hydrogen) atoms. The fourth-order valence-corrected chi connectivity index (χ4v) is 4.69. The van der Waals surface area contributed by atoms with Crippen LogP contribution in [0.3, 0.4) is 0 Å². The second-order valence-corrected chi connectivity index (χ2v) is 12.0. The quantitative estimate of drug-likeness (QED) is 0.527. The first-order chi connectivity index (χ1) is 16.0. The molecule has 0 unspecified atom stereocenters. The summed E-state index contributed by atoms with van der Waals surface area (Å²) >= 11 is 6.04. The first-order valence-corrected chi connectivity index (χ1v) is 12.9. The molecule has 192 valence electrons. The number of aromatic nitrogens is 1. The summed E-state index contributed by atoms with van der Waals surface area (Å²) in [7, 11) is -2.46. The van der Waals surface area contributed by atoms with Crippen molar-refractivity contribution in [1.29, 1.82) is 0 Å². The van der Waals surface area contributed by atoms with Gasteiger partial charge in [-0.05, 0) is 23.6 Å². The fraction of sp³-hybridized carbons (Fsp3) is 0.478. The smallest absolute Gasteiger partial charge is 0.417 e. The molecule has 12 heteroatoms. The number of methoxy groups -OCH3 is 1. The van der Waals surface area contributed by atoms with Crippen molar-refractivity contribution in [3.8, 4) is 11.5 Å². The lowest BCUT2D eigenvalue weighted by molar-refractivity contribution is -0.137. The van der Waals surface area contributed by atoms with Crippen LogP contribution in [0.4, 0.5) is 13.2 Å². The van der Waals surface area contributed by atoms with E-state index in [-0.39, 0.29) is 63.7 Å². The van der Waals surface area contributed by atoms with Crippen molar-refractivity contribution < 1.29 is 35.9 Å². The van der Waals surface area contributed by atoms with Crippen LogP contribution >= 0.6 is 11.6 Å². The largest absolute Gasteiger partial charge is 0.494 e. The third kappa shape index (κ3) is 6.00. The van der Waals surface area contributed by atoms with Crippen molar-refractivity contribution in [2.45, 2.75) is 37.8 Å². The first-order valence-electron chi connectivity index (χ1n) is 10.6. The zero-order valence-corrected chi connectivity index (χ0v) is 21.4. The van der Waals surface area contributed by atoms with Crippen molar-refractivity contribution >= 4 is 27.3 Å².